The molecule has 19 heavy (non-hydrogen) atoms. The first kappa shape index (κ1) is 13.5. The second-order valence-electron chi connectivity index (χ2n) is 3.97. The van der Waals surface area contributed by atoms with Gasteiger partial charge in [0, 0.05) is 38.1 Å². The van der Waals surface area contributed by atoms with Gasteiger partial charge in [0.2, 0.25) is 0 Å². The van der Waals surface area contributed by atoms with Gasteiger partial charge in [-0.05, 0) is 6.07 Å². The molecule has 0 fully saturated rings. The standard InChI is InChI=1S/C12H13ClN4O2/c13-11-2-1-3-12(17(18)19)10(11)8-14-4-6-16-7-5-15-9-16/h1-3,5,7,9,14H,4,6,8H2. The van der Waals surface area contributed by atoms with Crippen LogP contribution in [0.15, 0.2) is 36.9 Å². The van der Waals surface area contributed by atoms with E-state index in [9.17, 15) is 10.1 Å². The SMILES string of the molecule is O=[N+]([O-])c1cccc(Cl)c1CNCCn1ccnc1. The normalized spacial score (nSPS) is 10.6. The molecule has 100 valence electrons. The third-order valence-corrected chi connectivity index (χ3v) is 3.05. The van der Waals surface area contributed by atoms with Crippen LogP contribution in [-0.2, 0) is 13.1 Å². The van der Waals surface area contributed by atoms with Gasteiger partial charge in [0.05, 0.1) is 21.8 Å². The van der Waals surface area contributed by atoms with Crippen LogP contribution in [0.4, 0.5) is 5.69 Å². The van der Waals surface area contributed by atoms with E-state index in [0.29, 0.717) is 23.7 Å². The van der Waals surface area contributed by atoms with Gasteiger partial charge in [-0.25, -0.2) is 4.98 Å². The summed E-state index contributed by atoms with van der Waals surface area (Å²) in [4.78, 5) is 14.4. The van der Waals surface area contributed by atoms with Crippen molar-refractivity contribution in [2.24, 2.45) is 0 Å². The van der Waals surface area contributed by atoms with Crippen molar-refractivity contribution in [2.75, 3.05) is 6.54 Å². The lowest BCUT2D eigenvalue weighted by atomic mass is 10.2. The molecule has 0 bridgehead atoms. The zero-order valence-electron chi connectivity index (χ0n) is 10.1. The number of nitro benzene ring substituents is 1. The number of hydrogen-bond acceptors (Lipinski definition) is 4. The molecule has 0 amide bonds. The van der Waals surface area contributed by atoms with Crippen LogP contribution in [0.25, 0.3) is 0 Å². The Bertz CT molecular complexity index is 557. The number of hydrogen-bond donors (Lipinski definition) is 1. The lowest BCUT2D eigenvalue weighted by Gasteiger charge is -2.07. The zero-order valence-corrected chi connectivity index (χ0v) is 10.9. The van der Waals surface area contributed by atoms with Crippen molar-refractivity contribution in [1.82, 2.24) is 14.9 Å². The minimum Gasteiger partial charge on any atom is -0.336 e. The Morgan fingerprint density at radius 1 is 1.47 bits per heavy atom. The molecule has 7 heteroatoms. The Labute approximate surface area is 115 Å². The molecule has 1 aromatic carbocycles. The molecular weight excluding hydrogens is 268 g/mol. The molecule has 0 aliphatic heterocycles. The fourth-order valence-electron chi connectivity index (χ4n) is 1.73. The smallest absolute Gasteiger partial charge is 0.275 e. The third kappa shape index (κ3) is 3.52. The molecule has 0 atom stereocenters. The maximum absolute atomic E-state index is 10.9. The second kappa shape index (κ2) is 6.31. The monoisotopic (exact) mass is 280 g/mol. The predicted molar refractivity (Wildman–Crippen MR) is 72.0 cm³/mol. The molecule has 0 saturated heterocycles. The van der Waals surface area contributed by atoms with Gasteiger partial charge in [0.25, 0.3) is 5.69 Å². The van der Waals surface area contributed by atoms with Crippen molar-refractivity contribution >= 4 is 17.3 Å². The highest BCUT2D eigenvalue weighted by Crippen LogP contribution is 2.25. The van der Waals surface area contributed by atoms with Crippen molar-refractivity contribution in [3.63, 3.8) is 0 Å². The summed E-state index contributed by atoms with van der Waals surface area (Å²) < 4.78 is 1.92. The number of benzene rings is 1. The highest BCUT2D eigenvalue weighted by molar-refractivity contribution is 6.31. The van der Waals surface area contributed by atoms with Gasteiger partial charge in [-0.3, -0.25) is 10.1 Å². The van der Waals surface area contributed by atoms with E-state index in [1.54, 1.807) is 24.7 Å². The molecule has 0 radical (unpaired) electrons. The summed E-state index contributed by atoms with van der Waals surface area (Å²) in [5.74, 6) is 0. The Kier molecular flexibility index (Phi) is 4.48. The summed E-state index contributed by atoms with van der Waals surface area (Å²) in [7, 11) is 0. The first-order valence-corrected chi connectivity index (χ1v) is 6.14. The van der Waals surface area contributed by atoms with Crippen molar-refractivity contribution in [3.05, 3.63) is 57.6 Å². The summed E-state index contributed by atoms with van der Waals surface area (Å²) in [5, 5.41) is 14.4. The number of nitrogens with one attached hydrogen (secondary N) is 1. The number of nitrogens with zero attached hydrogens (tertiary/aromatic N) is 3. The first-order valence-electron chi connectivity index (χ1n) is 5.76. The van der Waals surface area contributed by atoms with Crippen LogP contribution in [0.2, 0.25) is 5.02 Å². The zero-order chi connectivity index (χ0) is 13.7. The molecular formula is C12H13ClN4O2. The number of halogens is 1. The molecule has 6 nitrogen and oxygen atoms in total. The quantitative estimate of drug-likeness (QED) is 0.500. The minimum atomic E-state index is -0.418. The predicted octanol–water partition coefficient (Wildman–Crippen LogP) is 2.23. The van der Waals surface area contributed by atoms with Crippen LogP contribution >= 0.6 is 11.6 Å². The summed E-state index contributed by atoms with van der Waals surface area (Å²) in [6, 6.07) is 4.69. The van der Waals surface area contributed by atoms with Crippen molar-refractivity contribution < 1.29 is 4.92 Å². The van der Waals surface area contributed by atoms with E-state index in [0.717, 1.165) is 6.54 Å². The average molecular weight is 281 g/mol. The van der Waals surface area contributed by atoms with Crippen LogP contribution in [0, 0.1) is 10.1 Å². The summed E-state index contributed by atoms with van der Waals surface area (Å²) >= 11 is 5.99. The number of rotatable bonds is 6. The Morgan fingerprint density at radius 3 is 3.00 bits per heavy atom. The second-order valence-corrected chi connectivity index (χ2v) is 4.38. The van der Waals surface area contributed by atoms with Gasteiger partial charge in [0.1, 0.15) is 0 Å². The average Bonchev–Trinajstić information content (AvgIpc) is 2.88. The lowest BCUT2D eigenvalue weighted by Crippen LogP contribution is -2.19. The van der Waals surface area contributed by atoms with Gasteiger partial charge in [-0.1, -0.05) is 17.7 Å². The highest BCUT2D eigenvalue weighted by Gasteiger charge is 2.15. The molecule has 2 rings (SSSR count). The summed E-state index contributed by atoms with van der Waals surface area (Å²) in [6.07, 6.45) is 5.29. The molecule has 1 N–H and O–H groups in total. The van der Waals surface area contributed by atoms with E-state index in [2.05, 4.69) is 10.3 Å². The summed E-state index contributed by atoms with van der Waals surface area (Å²) in [6.45, 7) is 1.79. The van der Waals surface area contributed by atoms with Crippen LogP contribution in [-0.4, -0.2) is 21.0 Å². The largest absolute Gasteiger partial charge is 0.336 e. The topological polar surface area (TPSA) is 73.0 Å². The van der Waals surface area contributed by atoms with E-state index < -0.39 is 4.92 Å². The fraction of sp³-hybridized carbons (Fsp3) is 0.250. The minimum absolute atomic E-state index is 0.0441. The van der Waals surface area contributed by atoms with E-state index >= 15 is 0 Å². The lowest BCUT2D eigenvalue weighted by molar-refractivity contribution is -0.385. The van der Waals surface area contributed by atoms with E-state index in [-0.39, 0.29) is 5.69 Å². The number of imidazole rings is 1. The van der Waals surface area contributed by atoms with E-state index in [4.69, 9.17) is 11.6 Å². The van der Waals surface area contributed by atoms with Gasteiger partial charge in [0.15, 0.2) is 0 Å². The number of aromatic nitrogens is 2. The molecule has 2 aromatic rings. The van der Waals surface area contributed by atoms with Crippen LogP contribution in [0.1, 0.15) is 5.56 Å². The Balaban J connectivity index is 1.93. The molecule has 0 spiro atoms. The van der Waals surface area contributed by atoms with Crippen molar-refractivity contribution in [1.29, 1.82) is 0 Å². The molecule has 1 aromatic heterocycles. The van der Waals surface area contributed by atoms with Gasteiger partial charge >= 0.3 is 0 Å². The molecule has 0 aliphatic rings. The number of nitro groups is 1. The van der Waals surface area contributed by atoms with E-state index in [1.807, 2.05) is 10.8 Å². The molecule has 0 aliphatic carbocycles. The Hall–Kier alpha value is -1.92. The van der Waals surface area contributed by atoms with Crippen LogP contribution in [0.5, 0.6) is 0 Å². The highest BCUT2D eigenvalue weighted by atomic mass is 35.5. The van der Waals surface area contributed by atoms with Crippen LogP contribution < -0.4 is 5.32 Å². The van der Waals surface area contributed by atoms with Gasteiger partial charge in [-0.15, -0.1) is 0 Å². The first-order chi connectivity index (χ1) is 9.18. The van der Waals surface area contributed by atoms with Gasteiger partial charge in [-0.2, -0.15) is 0 Å². The maximum Gasteiger partial charge on any atom is 0.275 e. The fourth-order valence-corrected chi connectivity index (χ4v) is 1.97. The van der Waals surface area contributed by atoms with Gasteiger partial charge < -0.3 is 9.88 Å². The van der Waals surface area contributed by atoms with E-state index in [1.165, 1.54) is 6.07 Å². The molecule has 0 saturated carbocycles. The maximum atomic E-state index is 10.9. The molecule has 1 heterocycles. The summed E-state index contributed by atoms with van der Waals surface area (Å²) in [5.41, 5.74) is 0.558. The van der Waals surface area contributed by atoms with Crippen LogP contribution in [0.3, 0.4) is 0 Å². The third-order valence-electron chi connectivity index (χ3n) is 2.70. The Morgan fingerprint density at radius 2 is 2.32 bits per heavy atom. The molecule has 0 unspecified atom stereocenters. The van der Waals surface area contributed by atoms with Crippen molar-refractivity contribution in [3.8, 4) is 0 Å². The van der Waals surface area contributed by atoms with Crippen molar-refractivity contribution in [2.45, 2.75) is 13.1 Å².